The van der Waals surface area contributed by atoms with E-state index in [0.717, 1.165) is 0 Å². The summed E-state index contributed by atoms with van der Waals surface area (Å²) in [5.41, 5.74) is 1.70. The summed E-state index contributed by atoms with van der Waals surface area (Å²) in [6.45, 7) is 2.09. The maximum absolute atomic E-state index is 10.8. The van der Waals surface area contributed by atoms with Gasteiger partial charge in [0.1, 0.15) is 5.00 Å². The van der Waals surface area contributed by atoms with Gasteiger partial charge in [-0.3, -0.25) is 0 Å². The van der Waals surface area contributed by atoms with Crippen molar-refractivity contribution < 1.29 is 9.90 Å². The van der Waals surface area contributed by atoms with Crippen molar-refractivity contribution in [3.8, 4) is 0 Å². The van der Waals surface area contributed by atoms with Crippen molar-refractivity contribution in [2.75, 3.05) is 5.32 Å². The van der Waals surface area contributed by atoms with Crippen molar-refractivity contribution >= 4 is 22.3 Å². The summed E-state index contributed by atoms with van der Waals surface area (Å²) in [6, 6.07) is 0.355. The molecule has 0 bridgehead atoms. The second kappa shape index (κ2) is 3.57. The van der Waals surface area contributed by atoms with Crippen molar-refractivity contribution in [2.45, 2.75) is 25.8 Å². The van der Waals surface area contributed by atoms with Gasteiger partial charge in [-0.15, -0.1) is 11.3 Å². The van der Waals surface area contributed by atoms with E-state index in [9.17, 15) is 4.79 Å². The van der Waals surface area contributed by atoms with Gasteiger partial charge >= 0.3 is 5.97 Å². The lowest BCUT2D eigenvalue weighted by Gasteiger charge is -2.12. The van der Waals surface area contributed by atoms with Crippen molar-refractivity contribution in [1.82, 2.24) is 4.98 Å². The molecule has 1 unspecified atom stereocenters. The van der Waals surface area contributed by atoms with Gasteiger partial charge in [-0.25, -0.2) is 9.78 Å². The van der Waals surface area contributed by atoms with Crippen LogP contribution in [0.1, 0.15) is 30.3 Å². The van der Waals surface area contributed by atoms with Gasteiger partial charge in [0.2, 0.25) is 0 Å². The molecule has 1 heterocycles. The average Bonchev–Trinajstić information content (AvgIpc) is 2.87. The summed E-state index contributed by atoms with van der Waals surface area (Å²) in [5.74, 6) is -0.254. The number of nitrogens with zero attached hydrogens (tertiary/aromatic N) is 1. The predicted octanol–water partition coefficient (Wildman–Crippen LogP) is 2.05. The van der Waals surface area contributed by atoms with Crippen LogP contribution in [0.3, 0.4) is 0 Å². The Morgan fingerprint density at radius 3 is 3.07 bits per heavy atom. The Labute approximate surface area is 86.0 Å². The number of anilines is 1. The first kappa shape index (κ1) is 9.45. The standard InChI is InChI=1S/C9H12N2O2S/c1-5(6-2-3-6)11-8-7(9(12)13)10-4-14-8/h4-6,11H,2-3H2,1H3,(H,12,13). The molecular weight excluding hydrogens is 200 g/mol. The molecule has 1 fully saturated rings. The zero-order valence-electron chi connectivity index (χ0n) is 7.86. The van der Waals surface area contributed by atoms with Crippen LogP contribution in [0.2, 0.25) is 0 Å². The Morgan fingerprint density at radius 2 is 2.50 bits per heavy atom. The first-order valence-electron chi connectivity index (χ1n) is 4.62. The Bertz CT molecular complexity index is 346. The number of thiazole rings is 1. The molecule has 76 valence electrons. The van der Waals surface area contributed by atoms with Gasteiger partial charge in [0.05, 0.1) is 5.51 Å². The number of rotatable bonds is 4. The van der Waals surface area contributed by atoms with Gasteiger partial charge < -0.3 is 10.4 Å². The number of carboxylic acids is 1. The lowest BCUT2D eigenvalue weighted by atomic mass is 10.2. The van der Waals surface area contributed by atoms with Gasteiger partial charge in [0.25, 0.3) is 0 Å². The third-order valence-electron chi connectivity index (χ3n) is 2.46. The van der Waals surface area contributed by atoms with Gasteiger partial charge in [0.15, 0.2) is 5.69 Å². The highest BCUT2D eigenvalue weighted by molar-refractivity contribution is 7.14. The van der Waals surface area contributed by atoms with Crippen molar-refractivity contribution in [3.63, 3.8) is 0 Å². The molecule has 0 spiro atoms. The number of carbonyl (C=O) groups is 1. The molecule has 1 aromatic rings. The lowest BCUT2D eigenvalue weighted by Crippen LogP contribution is -2.18. The molecule has 14 heavy (non-hydrogen) atoms. The molecule has 1 aliphatic rings. The fourth-order valence-corrected chi connectivity index (χ4v) is 2.19. The molecule has 1 aliphatic carbocycles. The van der Waals surface area contributed by atoms with Crippen LogP contribution in [0, 0.1) is 5.92 Å². The molecule has 0 aliphatic heterocycles. The molecule has 5 heteroatoms. The van der Waals surface area contributed by atoms with E-state index in [1.54, 1.807) is 5.51 Å². The smallest absolute Gasteiger partial charge is 0.357 e. The van der Waals surface area contributed by atoms with Crippen molar-refractivity contribution in [1.29, 1.82) is 0 Å². The van der Waals surface area contributed by atoms with Gasteiger partial charge in [-0.05, 0) is 25.7 Å². The first-order valence-corrected chi connectivity index (χ1v) is 5.49. The topological polar surface area (TPSA) is 62.2 Å². The Balaban J connectivity index is 2.07. The SMILES string of the molecule is CC(Nc1scnc1C(=O)O)C1CC1. The quantitative estimate of drug-likeness (QED) is 0.801. The molecular formula is C9H12N2O2S. The maximum Gasteiger partial charge on any atom is 0.357 e. The molecule has 2 N–H and O–H groups in total. The average molecular weight is 212 g/mol. The highest BCUT2D eigenvalue weighted by Crippen LogP contribution is 2.35. The summed E-state index contributed by atoms with van der Waals surface area (Å²) in [6.07, 6.45) is 2.49. The van der Waals surface area contributed by atoms with E-state index in [-0.39, 0.29) is 5.69 Å². The Morgan fingerprint density at radius 1 is 1.79 bits per heavy atom. The fraction of sp³-hybridized carbons (Fsp3) is 0.556. The summed E-state index contributed by atoms with van der Waals surface area (Å²) < 4.78 is 0. The summed E-state index contributed by atoms with van der Waals surface area (Å²) in [5, 5.41) is 12.7. The molecule has 0 radical (unpaired) electrons. The van der Waals surface area contributed by atoms with Crippen LogP contribution in [0.4, 0.5) is 5.00 Å². The van der Waals surface area contributed by atoms with E-state index in [0.29, 0.717) is 17.0 Å². The highest BCUT2D eigenvalue weighted by Gasteiger charge is 2.29. The van der Waals surface area contributed by atoms with Crippen LogP contribution < -0.4 is 5.32 Å². The van der Waals surface area contributed by atoms with E-state index in [1.807, 2.05) is 0 Å². The first-order chi connectivity index (χ1) is 6.68. The van der Waals surface area contributed by atoms with Gasteiger partial charge in [-0.2, -0.15) is 0 Å². The van der Waals surface area contributed by atoms with Crippen LogP contribution >= 0.6 is 11.3 Å². The summed E-state index contributed by atoms with van der Waals surface area (Å²) >= 11 is 1.35. The Hall–Kier alpha value is -1.10. The molecule has 1 aromatic heterocycles. The second-order valence-corrected chi connectivity index (χ2v) is 4.46. The van der Waals surface area contributed by atoms with Crippen LogP contribution in [0.15, 0.2) is 5.51 Å². The van der Waals surface area contributed by atoms with Crippen molar-refractivity contribution in [3.05, 3.63) is 11.2 Å². The molecule has 0 saturated heterocycles. The van der Waals surface area contributed by atoms with Gasteiger partial charge in [-0.1, -0.05) is 0 Å². The number of nitrogens with one attached hydrogen (secondary N) is 1. The largest absolute Gasteiger partial charge is 0.476 e. The van der Waals surface area contributed by atoms with E-state index in [4.69, 9.17) is 5.11 Å². The van der Waals surface area contributed by atoms with E-state index < -0.39 is 5.97 Å². The molecule has 0 amide bonds. The summed E-state index contributed by atoms with van der Waals surface area (Å²) in [4.78, 5) is 14.6. The number of aromatic carboxylic acids is 1. The number of carboxylic acid groups (broad SMARTS) is 1. The summed E-state index contributed by atoms with van der Waals surface area (Å²) in [7, 11) is 0. The number of hydrogen-bond donors (Lipinski definition) is 2. The van der Waals surface area contributed by atoms with E-state index in [1.165, 1.54) is 24.2 Å². The lowest BCUT2D eigenvalue weighted by molar-refractivity contribution is 0.0692. The van der Waals surface area contributed by atoms with Crippen LogP contribution in [0.25, 0.3) is 0 Å². The van der Waals surface area contributed by atoms with E-state index >= 15 is 0 Å². The zero-order chi connectivity index (χ0) is 10.1. The molecule has 1 atom stereocenters. The third kappa shape index (κ3) is 1.87. The molecule has 4 nitrogen and oxygen atoms in total. The number of aromatic nitrogens is 1. The van der Waals surface area contributed by atoms with Gasteiger partial charge in [0, 0.05) is 6.04 Å². The van der Waals surface area contributed by atoms with Crippen molar-refractivity contribution in [2.24, 2.45) is 5.92 Å². The molecule has 2 rings (SSSR count). The minimum Gasteiger partial charge on any atom is -0.476 e. The van der Waals surface area contributed by atoms with Crippen LogP contribution in [-0.4, -0.2) is 22.1 Å². The highest BCUT2D eigenvalue weighted by atomic mass is 32.1. The van der Waals surface area contributed by atoms with Crippen LogP contribution in [-0.2, 0) is 0 Å². The van der Waals surface area contributed by atoms with E-state index in [2.05, 4.69) is 17.2 Å². The zero-order valence-corrected chi connectivity index (χ0v) is 8.67. The number of hydrogen-bond acceptors (Lipinski definition) is 4. The molecule has 1 saturated carbocycles. The third-order valence-corrected chi connectivity index (χ3v) is 3.22. The monoisotopic (exact) mass is 212 g/mol. The van der Waals surface area contributed by atoms with Crippen LogP contribution in [0.5, 0.6) is 0 Å². The minimum absolute atomic E-state index is 0.141. The Kier molecular flexibility index (Phi) is 2.41. The predicted molar refractivity (Wildman–Crippen MR) is 54.9 cm³/mol. The molecule has 0 aromatic carbocycles. The second-order valence-electron chi connectivity index (χ2n) is 3.61. The normalized spacial score (nSPS) is 17.8. The maximum atomic E-state index is 10.8. The fourth-order valence-electron chi connectivity index (χ4n) is 1.42. The minimum atomic E-state index is -0.961.